The molecule has 4 nitrogen and oxygen atoms in total. The van der Waals surface area contributed by atoms with Crippen molar-refractivity contribution in [2.24, 2.45) is 11.8 Å². The molecule has 2 aliphatic carbocycles. The molecular formula is C17H21NO3. The van der Waals surface area contributed by atoms with Gasteiger partial charge in [0.25, 0.3) is 5.91 Å². The topological polar surface area (TPSA) is 55.4 Å². The van der Waals surface area contributed by atoms with Gasteiger partial charge in [-0.05, 0) is 56.6 Å². The van der Waals surface area contributed by atoms with Crippen LogP contribution in [0.1, 0.15) is 43.0 Å². The van der Waals surface area contributed by atoms with Crippen LogP contribution in [-0.2, 0) is 9.53 Å². The van der Waals surface area contributed by atoms with Crippen molar-refractivity contribution in [2.45, 2.75) is 44.8 Å². The molecule has 4 atom stereocenters. The SMILES string of the molecule is CC(NC(=O)c1ccccc1)C(=O)OC1CC2CCC1C2. The maximum Gasteiger partial charge on any atom is 0.328 e. The van der Waals surface area contributed by atoms with Crippen LogP contribution in [0.2, 0.25) is 0 Å². The molecule has 0 saturated heterocycles. The fraction of sp³-hybridized carbons (Fsp3) is 0.529. The summed E-state index contributed by atoms with van der Waals surface area (Å²) < 4.78 is 5.59. The van der Waals surface area contributed by atoms with Gasteiger partial charge in [-0.1, -0.05) is 18.2 Å². The lowest BCUT2D eigenvalue weighted by molar-refractivity contribution is -0.153. The Bertz CT molecular complexity index is 528. The van der Waals surface area contributed by atoms with Crippen LogP contribution >= 0.6 is 0 Å². The molecule has 0 heterocycles. The number of rotatable bonds is 4. The monoisotopic (exact) mass is 287 g/mol. The minimum absolute atomic E-state index is 0.0623. The molecule has 112 valence electrons. The first-order valence-electron chi connectivity index (χ1n) is 7.70. The maximum absolute atomic E-state index is 12.1. The predicted molar refractivity (Wildman–Crippen MR) is 78.7 cm³/mol. The third-order valence-corrected chi connectivity index (χ3v) is 4.68. The molecule has 2 aliphatic rings. The van der Waals surface area contributed by atoms with Gasteiger partial charge in [-0.15, -0.1) is 0 Å². The molecule has 0 aliphatic heterocycles. The third-order valence-electron chi connectivity index (χ3n) is 4.68. The standard InChI is InChI=1S/C17H21NO3/c1-11(18-16(19)13-5-3-2-4-6-13)17(20)21-15-10-12-7-8-14(15)9-12/h2-6,11-12,14-15H,7-10H2,1H3,(H,18,19). The fourth-order valence-electron chi connectivity index (χ4n) is 3.51. The number of carbonyl (C=O) groups is 2. The zero-order chi connectivity index (χ0) is 14.8. The van der Waals surface area contributed by atoms with E-state index in [1.807, 2.05) is 6.07 Å². The van der Waals surface area contributed by atoms with Crippen LogP contribution < -0.4 is 5.32 Å². The summed E-state index contributed by atoms with van der Waals surface area (Å²) in [5.41, 5.74) is 0.553. The van der Waals surface area contributed by atoms with Crippen molar-refractivity contribution in [3.63, 3.8) is 0 Å². The lowest BCUT2D eigenvalue weighted by Gasteiger charge is -2.24. The van der Waals surface area contributed by atoms with Gasteiger partial charge < -0.3 is 10.1 Å². The minimum Gasteiger partial charge on any atom is -0.461 e. The second-order valence-corrected chi connectivity index (χ2v) is 6.21. The van der Waals surface area contributed by atoms with E-state index in [9.17, 15) is 9.59 Å². The average molecular weight is 287 g/mol. The molecule has 0 radical (unpaired) electrons. The first-order chi connectivity index (χ1) is 10.1. The quantitative estimate of drug-likeness (QED) is 0.866. The van der Waals surface area contributed by atoms with Gasteiger partial charge in [-0.3, -0.25) is 4.79 Å². The van der Waals surface area contributed by atoms with E-state index in [0.29, 0.717) is 11.5 Å². The normalized spacial score (nSPS) is 28.1. The highest BCUT2D eigenvalue weighted by Crippen LogP contribution is 2.45. The van der Waals surface area contributed by atoms with Crippen LogP contribution in [0.15, 0.2) is 30.3 Å². The summed E-state index contributed by atoms with van der Waals surface area (Å²) in [7, 11) is 0. The van der Waals surface area contributed by atoms with Crippen molar-refractivity contribution in [3.05, 3.63) is 35.9 Å². The Morgan fingerprint density at radius 2 is 1.95 bits per heavy atom. The van der Waals surface area contributed by atoms with Gasteiger partial charge >= 0.3 is 5.97 Å². The molecule has 1 aromatic rings. The number of nitrogens with one attached hydrogen (secondary N) is 1. The van der Waals surface area contributed by atoms with Crippen LogP contribution in [0.25, 0.3) is 0 Å². The zero-order valence-electron chi connectivity index (χ0n) is 12.2. The summed E-state index contributed by atoms with van der Waals surface area (Å²) >= 11 is 0. The Morgan fingerprint density at radius 3 is 2.57 bits per heavy atom. The molecule has 2 fully saturated rings. The van der Waals surface area contributed by atoms with E-state index >= 15 is 0 Å². The summed E-state index contributed by atoms with van der Waals surface area (Å²) in [4.78, 5) is 24.1. The highest BCUT2D eigenvalue weighted by atomic mass is 16.5. The average Bonchev–Trinajstić information content (AvgIpc) is 3.10. The van der Waals surface area contributed by atoms with Crippen LogP contribution in [-0.4, -0.2) is 24.0 Å². The second-order valence-electron chi connectivity index (χ2n) is 6.21. The third kappa shape index (κ3) is 3.09. The number of amides is 1. The predicted octanol–water partition coefficient (Wildman–Crippen LogP) is 2.54. The molecule has 1 amide bonds. The molecule has 1 N–H and O–H groups in total. The van der Waals surface area contributed by atoms with Crippen LogP contribution in [0.3, 0.4) is 0 Å². The van der Waals surface area contributed by atoms with Gasteiger partial charge in [0.15, 0.2) is 0 Å². The number of esters is 1. The highest BCUT2D eigenvalue weighted by molar-refractivity contribution is 5.96. The number of hydrogen-bond acceptors (Lipinski definition) is 3. The maximum atomic E-state index is 12.1. The summed E-state index contributed by atoms with van der Waals surface area (Å²) in [5.74, 6) is 0.711. The molecular weight excluding hydrogens is 266 g/mol. The Hall–Kier alpha value is -1.84. The Balaban J connectivity index is 1.52. The Labute approximate surface area is 124 Å². The van der Waals surface area contributed by atoms with E-state index in [1.165, 1.54) is 19.3 Å². The summed E-state index contributed by atoms with van der Waals surface area (Å²) in [6, 6.07) is 8.29. The van der Waals surface area contributed by atoms with Crippen molar-refractivity contribution in [1.29, 1.82) is 0 Å². The van der Waals surface area contributed by atoms with Gasteiger partial charge in [0, 0.05) is 5.56 Å². The molecule has 4 heteroatoms. The largest absolute Gasteiger partial charge is 0.461 e. The lowest BCUT2D eigenvalue weighted by atomic mass is 9.98. The smallest absolute Gasteiger partial charge is 0.328 e. The lowest BCUT2D eigenvalue weighted by Crippen LogP contribution is -2.41. The number of carbonyl (C=O) groups excluding carboxylic acids is 2. The molecule has 2 bridgehead atoms. The van der Waals surface area contributed by atoms with Gasteiger partial charge in [-0.2, -0.15) is 0 Å². The number of fused-ring (bicyclic) bond motifs is 2. The van der Waals surface area contributed by atoms with Gasteiger partial charge in [-0.25, -0.2) is 4.79 Å². The van der Waals surface area contributed by atoms with Crippen LogP contribution in [0.5, 0.6) is 0 Å². The molecule has 0 spiro atoms. The Kier molecular flexibility index (Phi) is 3.95. The minimum atomic E-state index is -0.614. The van der Waals surface area contributed by atoms with E-state index < -0.39 is 6.04 Å². The number of benzene rings is 1. The number of ether oxygens (including phenoxy) is 1. The first kappa shape index (κ1) is 14.1. The van der Waals surface area contributed by atoms with Crippen molar-refractivity contribution < 1.29 is 14.3 Å². The molecule has 21 heavy (non-hydrogen) atoms. The summed E-state index contributed by atoms with van der Waals surface area (Å²) in [6.45, 7) is 1.68. The van der Waals surface area contributed by atoms with E-state index in [4.69, 9.17) is 4.74 Å². The zero-order valence-corrected chi connectivity index (χ0v) is 12.2. The van der Waals surface area contributed by atoms with E-state index in [-0.39, 0.29) is 18.0 Å². The fourth-order valence-corrected chi connectivity index (χ4v) is 3.51. The summed E-state index contributed by atoms with van der Waals surface area (Å²) in [6.07, 6.45) is 4.71. The second kappa shape index (κ2) is 5.88. The van der Waals surface area contributed by atoms with E-state index in [2.05, 4.69) is 5.32 Å². The Morgan fingerprint density at radius 1 is 1.19 bits per heavy atom. The van der Waals surface area contributed by atoms with E-state index in [1.54, 1.807) is 31.2 Å². The van der Waals surface area contributed by atoms with Crippen molar-refractivity contribution in [3.8, 4) is 0 Å². The van der Waals surface area contributed by atoms with Gasteiger partial charge in [0.2, 0.25) is 0 Å². The summed E-state index contributed by atoms with van der Waals surface area (Å²) in [5, 5.41) is 2.70. The highest BCUT2D eigenvalue weighted by Gasteiger charge is 2.42. The van der Waals surface area contributed by atoms with E-state index in [0.717, 1.165) is 12.3 Å². The van der Waals surface area contributed by atoms with Gasteiger partial charge in [0.05, 0.1) is 0 Å². The van der Waals surface area contributed by atoms with Crippen molar-refractivity contribution in [2.75, 3.05) is 0 Å². The van der Waals surface area contributed by atoms with Gasteiger partial charge in [0.1, 0.15) is 12.1 Å². The molecule has 4 unspecified atom stereocenters. The molecule has 0 aromatic heterocycles. The van der Waals surface area contributed by atoms with Crippen LogP contribution in [0, 0.1) is 11.8 Å². The van der Waals surface area contributed by atoms with Crippen LogP contribution in [0.4, 0.5) is 0 Å². The molecule has 1 aromatic carbocycles. The molecule has 3 rings (SSSR count). The van der Waals surface area contributed by atoms with Crippen molar-refractivity contribution in [1.82, 2.24) is 5.32 Å². The first-order valence-corrected chi connectivity index (χ1v) is 7.70. The number of hydrogen-bond donors (Lipinski definition) is 1. The van der Waals surface area contributed by atoms with Crippen molar-refractivity contribution >= 4 is 11.9 Å². The molecule has 2 saturated carbocycles.